The Morgan fingerprint density at radius 3 is 2.78 bits per heavy atom. The topological polar surface area (TPSA) is 78.1 Å². The summed E-state index contributed by atoms with van der Waals surface area (Å²) in [5.41, 5.74) is 7.27. The first-order valence-electron chi connectivity index (χ1n) is 5.22. The molecule has 18 heavy (non-hydrogen) atoms. The maximum absolute atomic E-state index is 11.1. The molecule has 5 heteroatoms. The van der Waals surface area contributed by atoms with Gasteiger partial charge in [0.1, 0.15) is 11.4 Å². The number of anilines is 1. The number of aromatic nitrogens is 2. The monoisotopic (exact) mass is 241 g/mol. The zero-order valence-electron chi connectivity index (χ0n) is 9.54. The summed E-state index contributed by atoms with van der Waals surface area (Å²) in [6.45, 7) is 3.32. The second-order valence-corrected chi connectivity index (χ2v) is 3.41. The molecule has 0 aromatic carbocycles. The predicted molar refractivity (Wildman–Crippen MR) is 67.7 cm³/mol. The highest BCUT2D eigenvalue weighted by molar-refractivity contribution is 5.86. The molecule has 2 rings (SSSR count). The number of rotatable bonds is 3. The van der Waals surface area contributed by atoms with E-state index in [1.54, 1.807) is 18.3 Å². The maximum Gasteiger partial charge on any atom is 0.335 e. The van der Waals surface area contributed by atoms with Crippen LogP contribution in [-0.4, -0.2) is 15.9 Å². The number of nitrogen functional groups attached to an aromatic ring is 1. The Morgan fingerprint density at radius 2 is 2.11 bits per heavy atom. The molecule has 2 N–H and O–H groups in total. The zero-order chi connectivity index (χ0) is 13.0. The van der Waals surface area contributed by atoms with Crippen molar-refractivity contribution in [2.75, 3.05) is 5.73 Å². The summed E-state index contributed by atoms with van der Waals surface area (Å²) in [5.74, 6) is -0.324. The minimum atomic E-state index is -0.570. The lowest BCUT2D eigenvalue weighted by molar-refractivity contribution is -0.128. The van der Waals surface area contributed by atoms with Crippen molar-refractivity contribution in [3.63, 3.8) is 0 Å². The van der Waals surface area contributed by atoms with Gasteiger partial charge in [0.2, 0.25) is 0 Å². The molecule has 2 heterocycles. The predicted octanol–water partition coefficient (Wildman–Crippen LogP) is 1.82. The van der Waals surface area contributed by atoms with Crippen molar-refractivity contribution in [3.8, 4) is 17.1 Å². The molecule has 0 amide bonds. The minimum absolute atomic E-state index is 0.246. The van der Waals surface area contributed by atoms with E-state index >= 15 is 0 Å². The summed E-state index contributed by atoms with van der Waals surface area (Å²) in [7, 11) is 0. The lowest BCUT2D eigenvalue weighted by atomic mass is 10.2. The van der Waals surface area contributed by atoms with E-state index in [0.29, 0.717) is 11.4 Å². The van der Waals surface area contributed by atoms with Crippen molar-refractivity contribution in [2.45, 2.75) is 0 Å². The molecule has 0 aliphatic heterocycles. The number of carbonyl (C=O) groups excluding carboxylic acids is 1. The highest BCUT2D eigenvalue weighted by Gasteiger charge is 2.12. The fraction of sp³-hybridized carbons (Fsp3) is 0. The second-order valence-electron chi connectivity index (χ2n) is 3.41. The fourth-order valence-corrected chi connectivity index (χ4v) is 1.40. The molecule has 0 spiro atoms. The third-order valence-corrected chi connectivity index (χ3v) is 2.23. The van der Waals surface area contributed by atoms with Gasteiger partial charge >= 0.3 is 5.97 Å². The van der Waals surface area contributed by atoms with Crippen molar-refractivity contribution in [2.24, 2.45) is 0 Å². The van der Waals surface area contributed by atoms with Gasteiger partial charge in [-0.1, -0.05) is 12.6 Å². The number of hydrogen-bond donors (Lipinski definition) is 1. The summed E-state index contributed by atoms with van der Waals surface area (Å²) >= 11 is 0. The number of esters is 1. The molecule has 0 atom stereocenters. The Hall–Kier alpha value is -2.69. The van der Waals surface area contributed by atoms with Gasteiger partial charge in [0.15, 0.2) is 5.75 Å². The molecule has 0 unspecified atom stereocenters. The Morgan fingerprint density at radius 1 is 1.28 bits per heavy atom. The first-order chi connectivity index (χ1) is 8.72. The molecule has 0 fully saturated rings. The molecule has 0 aliphatic rings. The normalized spacial score (nSPS) is 9.78. The van der Waals surface area contributed by atoms with Crippen LogP contribution in [0.4, 0.5) is 5.69 Å². The summed E-state index contributed by atoms with van der Waals surface area (Å²) in [6, 6.07) is 6.91. The van der Waals surface area contributed by atoms with Crippen molar-refractivity contribution >= 4 is 11.7 Å². The van der Waals surface area contributed by atoms with E-state index in [2.05, 4.69) is 16.5 Å². The van der Waals surface area contributed by atoms with Gasteiger partial charge in [-0.25, -0.2) is 4.79 Å². The van der Waals surface area contributed by atoms with Gasteiger partial charge in [-0.3, -0.25) is 9.97 Å². The van der Waals surface area contributed by atoms with Crippen LogP contribution in [0.3, 0.4) is 0 Å². The Balaban J connectivity index is 2.42. The number of hydrogen-bond acceptors (Lipinski definition) is 5. The average Bonchev–Trinajstić information content (AvgIpc) is 2.42. The van der Waals surface area contributed by atoms with Crippen LogP contribution in [0.5, 0.6) is 5.75 Å². The third-order valence-electron chi connectivity index (χ3n) is 2.23. The first kappa shape index (κ1) is 11.8. The first-order valence-corrected chi connectivity index (χ1v) is 5.22. The van der Waals surface area contributed by atoms with Gasteiger partial charge in [0, 0.05) is 24.5 Å². The molecular weight excluding hydrogens is 230 g/mol. The number of ether oxygens (including phenoxy) is 1. The van der Waals surface area contributed by atoms with Gasteiger partial charge in [-0.05, 0) is 12.1 Å². The van der Waals surface area contributed by atoms with Gasteiger partial charge in [-0.15, -0.1) is 0 Å². The van der Waals surface area contributed by atoms with Crippen LogP contribution in [0.2, 0.25) is 0 Å². The van der Waals surface area contributed by atoms with Crippen molar-refractivity contribution in [3.05, 3.63) is 49.3 Å². The molecular formula is C13H11N3O2. The maximum atomic E-state index is 11.1. The summed E-state index contributed by atoms with van der Waals surface area (Å²) < 4.78 is 5.01. The highest BCUT2D eigenvalue weighted by atomic mass is 16.5. The van der Waals surface area contributed by atoms with Crippen LogP contribution < -0.4 is 10.5 Å². The molecule has 0 aliphatic carbocycles. The van der Waals surface area contributed by atoms with Crippen LogP contribution in [-0.2, 0) is 4.79 Å². The van der Waals surface area contributed by atoms with Gasteiger partial charge < -0.3 is 10.5 Å². The quantitative estimate of drug-likeness (QED) is 0.655. The van der Waals surface area contributed by atoms with Crippen molar-refractivity contribution in [1.29, 1.82) is 0 Å². The summed E-state index contributed by atoms with van der Waals surface area (Å²) in [4.78, 5) is 19.4. The molecule has 90 valence electrons. The molecule has 0 saturated carbocycles. The lowest BCUT2D eigenvalue weighted by Crippen LogP contribution is -2.06. The van der Waals surface area contributed by atoms with Crippen LogP contribution in [0, 0.1) is 0 Å². The molecule has 0 bridgehead atoms. The standard InChI is InChI=1S/C13H11N3O2/c1-2-11(17)18-10-6-8-16-13(12(10)14)9-5-3-4-7-15-9/h2-8H,1,14H2. The van der Waals surface area contributed by atoms with E-state index in [9.17, 15) is 4.79 Å². The third kappa shape index (κ3) is 2.35. The smallest absolute Gasteiger partial charge is 0.335 e. The Kier molecular flexibility index (Phi) is 3.33. The van der Waals surface area contributed by atoms with Crippen LogP contribution in [0.1, 0.15) is 0 Å². The number of pyridine rings is 2. The van der Waals surface area contributed by atoms with Crippen LogP contribution in [0.25, 0.3) is 11.4 Å². The molecule has 2 aromatic rings. The average molecular weight is 241 g/mol. The van der Waals surface area contributed by atoms with E-state index in [-0.39, 0.29) is 11.4 Å². The van der Waals surface area contributed by atoms with Gasteiger partial charge in [-0.2, -0.15) is 0 Å². The lowest BCUT2D eigenvalue weighted by Gasteiger charge is -2.08. The summed E-state index contributed by atoms with van der Waals surface area (Å²) in [6.07, 6.45) is 4.21. The molecule has 0 saturated heterocycles. The number of nitrogens with two attached hydrogens (primary N) is 1. The summed E-state index contributed by atoms with van der Waals surface area (Å²) in [5, 5.41) is 0. The van der Waals surface area contributed by atoms with Crippen molar-refractivity contribution in [1.82, 2.24) is 9.97 Å². The highest BCUT2D eigenvalue weighted by Crippen LogP contribution is 2.29. The zero-order valence-corrected chi connectivity index (χ0v) is 9.54. The van der Waals surface area contributed by atoms with Gasteiger partial charge in [0.25, 0.3) is 0 Å². The largest absolute Gasteiger partial charge is 0.421 e. The fourth-order valence-electron chi connectivity index (χ4n) is 1.40. The van der Waals surface area contributed by atoms with Crippen LogP contribution in [0.15, 0.2) is 49.3 Å². The van der Waals surface area contributed by atoms with E-state index in [0.717, 1.165) is 6.08 Å². The number of nitrogens with zero attached hydrogens (tertiary/aromatic N) is 2. The van der Waals surface area contributed by atoms with Crippen LogP contribution >= 0.6 is 0 Å². The van der Waals surface area contributed by atoms with E-state index in [4.69, 9.17) is 10.5 Å². The molecule has 0 radical (unpaired) electrons. The minimum Gasteiger partial charge on any atom is -0.421 e. The van der Waals surface area contributed by atoms with E-state index in [1.165, 1.54) is 12.3 Å². The molecule has 5 nitrogen and oxygen atoms in total. The van der Waals surface area contributed by atoms with Gasteiger partial charge in [0.05, 0.1) is 5.69 Å². The Bertz CT molecular complexity index is 582. The number of carbonyl (C=O) groups is 1. The van der Waals surface area contributed by atoms with Crippen molar-refractivity contribution < 1.29 is 9.53 Å². The van der Waals surface area contributed by atoms with E-state index < -0.39 is 5.97 Å². The molecule has 2 aromatic heterocycles. The Labute approximate surface area is 104 Å². The second kappa shape index (κ2) is 5.09. The van der Waals surface area contributed by atoms with E-state index in [1.807, 2.05) is 6.07 Å². The SMILES string of the molecule is C=CC(=O)Oc1ccnc(-c2ccccn2)c1N.